The first-order valence-corrected chi connectivity index (χ1v) is 10.8. The molecule has 0 saturated heterocycles. The molecule has 3 rings (SSSR count). The second-order valence-electron chi connectivity index (χ2n) is 7.53. The lowest BCUT2D eigenvalue weighted by Crippen LogP contribution is -2.58. The number of halogens is 7. The van der Waals surface area contributed by atoms with Crippen molar-refractivity contribution in [2.24, 2.45) is 5.10 Å². The molecule has 14 heteroatoms. The number of nitrogens with one attached hydrogen (secondary N) is 1. The van der Waals surface area contributed by atoms with Gasteiger partial charge in [-0.2, -0.15) is 35.8 Å². The van der Waals surface area contributed by atoms with Gasteiger partial charge in [-0.1, -0.05) is 11.8 Å². The normalized spacial score (nSPS) is 12.8. The molecule has 0 saturated carbocycles. The smallest absolute Gasteiger partial charge is 0.318 e. The van der Waals surface area contributed by atoms with Crippen molar-refractivity contribution in [2.75, 3.05) is 0 Å². The van der Waals surface area contributed by atoms with Crippen molar-refractivity contribution in [3.63, 3.8) is 0 Å². The Bertz CT molecular complexity index is 1270. The highest BCUT2D eigenvalue weighted by Crippen LogP contribution is 2.45. The number of aryl methyl sites for hydroxylation is 1. The van der Waals surface area contributed by atoms with Crippen LogP contribution < -0.4 is 5.43 Å². The van der Waals surface area contributed by atoms with Crippen molar-refractivity contribution in [1.82, 2.24) is 9.99 Å². The largest absolute Gasteiger partial charge is 0.462 e. The van der Waals surface area contributed by atoms with E-state index in [1.54, 1.807) is 54.8 Å². The zero-order chi connectivity index (χ0) is 26.9. The lowest BCUT2D eigenvalue weighted by atomic mass is 10.2. The van der Waals surface area contributed by atoms with Gasteiger partial charge in [0.05, 0.1) is 11.1 Å². The Labute approximate surface area is 204 Å². The summed E-state index contributed by atoms with van der Waals surface area (Å²) < 4.78 is 91.1. The summed E-state index contributed by atoms with van der Waals surface area (Å²) in [5.74, 6) is -6.32. The number of benzene rings is 2. The van der Waals surface area contributed by atoms with Gasteiger partial charge in [-0.25, -0.2) is 5.43 Å². The fourth-order valence-corrected chi connectivity index (χ4v) is 4.00. The van der Waals surface area contributed by atoms with Crippen molar-refractivity contribution in [3.8, 4) is 5.69 Å². The third-order valence-corrected chi connectivity index (χ3v) is 6.02. The molecule has 0 aliphatic carbocycles. The molecule has 192 valence electrons. The number of rotatable bonds is 8. The van der Waals surface area contributed by atoms with E-state index in [-0.39, 0.29) is 11.3 Å². The van der Waals surface area contributed by atoms with Gasteiger partial charge >= 0.3 is 18.1 Å². The number of nitrogens with zero attached hydrogens (tertiary/aromatic N) is 3. The van der Waals surface area contributed by atoms with E-state index in [9.17, 15) is 40.8 Å². The predicted octanol–water partition coefficient (Wildman–Crippen LogP) is 6.87. The molecule has 0 aliphatic rings. The summed E-state index contributed by atoms with van der Waals surface area (Å²) in [7, 11) is 0. The first-order valence-electron chi connectivity index (χ1n) is 9.98. The summed E-state index contributed by atoms with van der Waals surface area (Å²) in [5, 5.41) is 13.7. The van der Waals surface area contributed by atoms with Crippen LogP contribution in [0.25, 0.3) is 5.69 Å². The summed E-state index contributed by atoms with van der Waals surface area (Å²) in [4.78, 5) is 11.9. The van der Waals surface area contributed by atoms with Crippen molar-refractivity contribution >= 4 is 23.7 Å². The second kappa shape index (κ2) is 9.84. The van der Waals surface area contributed by atoms with Crippen molar-refractivity contribution in [2.45, 2.75) is 41.8 Å². The van der Waals surface area contributed by atoms with E-state index >= 15 is 0 Å². The third kappa shape index (κ3) is 5.48. The van der Waals surface area contributed by atoms with Gasteiger partial charge in [0, 0.05) is 44.6 Å². The Kier molecular flexibility index (Phi) is 7.39. The monoisotopic (exact) mass is 534 g/mol. The van der Waals surface area contributed by atoms with E-state index in [1.165, 1.54) is 30.0 Å². The minimum Gasteiger partial charge on any atom is -0.318 e. The molecule has 0 spiro atoms. The van der Waals surface area contributed by atoms with Gasteiger partial charge in [0.2, 0.25) is 0 Å². The van der Waals surface area contributed by atoms with E-state index < -0.39 is 23.1 Å². The lowest BCUT2D eigenvalue weighted by Gasteiger charge is -2.27. The average Bonchev–Trinajstić information content (AvgIpc) is 3.06. The molecule has 1 heterocycles. The van der Waals surface area contributed by atoms with Crippen LogP contribution in [0.1, 0.15) is 17.0 Å². The van der Waals surface area contributed by atoms with Gasteiger partial charge in [0.1, 0.15) is 0 Å². The van der Waals surface area contributed by atoms with Crippen LogP contribution in [0.15, 0.2) is 69.5 Å². The van der Waals surface area contributed by atoms with Crippen LogP contribution in [-0.4, -0.2) is 33.9 Å². The number of hydrazone groups is 1. The van der Waals surface area contributed by atoms with Crippen molar-refractivity contribution in [1.29, 1.82) is 0 Å². The Balaban J connectivity index is 1.75. The van der Waals surface area contributed by atoms with Crippen LogP contribution in [0.3, 0.4) is 0 Å². The van der Waals surface area contributed by atoms with Crippen LogP contribution in [0.2, 0.25) is 0 Å². The lowest BCUT2D eigenvalue weighted by molar-refractivity contribution is -0.384. The number of hydrogen-bond donors (Lipinski definition) is 1. The maximum atomic E-state index is 13.4. The number of aromatic nitrogens is 1. The first kappa shape index (κ1) is 27.0. The van der Waals surface area contributed by atoms with Crippen LogP contribution in [-0.2, 0) is 0 Å². The highest BCUT2D eigenvalue weighted by atomic mass is 32.2. The van der Waals surface area contributed by atoms with Gasteiger partial charge in [0.15, 0.2) is 0 Å². The molecule has 1 N–H and O–H groups in total. The second-order valence-corrected chi connectivity index (χ2v) is 8.67. The maximum Gasteiger partial charge on any atom is 0.462 e. The molecule has 1 aromatic heterocycles. The summed E-state index contributed by atoms with van der Waals surface area (Å²) >= 11 is 1.37. The summed E-state index contributed by atoms with van der Waals surface area (Å²) in [5.41, 5.74) is 2.56. The number of nitro benzene ring substituents is 1. The molecule has 2 aromatic carbocycles. The average molecular weight is 534 g/mol. The fraction of sp³-hybridized carbons (Fsp3) is 0.227. The molecule has 0 amide bonds. The molecule has 36 heavy (non-hydrogen) atoms. The number of alkyl halides is 7. The number of non-ortho nitro benzene ring substituents is 1. The van der Waals surface area contributed by atoms with Gasteiger partial charge in [0.25, 0.3) is 5.69 Å². The van der Waals surface area contributed by atoms with Crippen LogP contribution in [0, 0.1) is 24.0 Å². The van der Waals surface area contributed by atoms with Gasteiger partial charge in [-0.05, 0) is 56.3 Å². The topological polar surface area (TPSA) is 72.5 Å². The third-order valence-electron chi connectivity index (χ3n) is 5.01. The van der Waals surface area contributed by atoms with Gasteiger partial charge in [-0.15, -0.1) is 0 Å². The molecule has 0 bridgehead atoms. The van der Waals surface area contributed by atoms with E-state index in [0.717, 1.165) is 16.0 Å². The Hall–Kier alpha value is -3.55. The molecule has 0 aliphatic heterocycles. The van der Waals surface area contributed by atoms with Crippen LogP contribution >= 0.6 is 11.8 Å². The molecule has 0 atom stereocenters. The Morgan fingerprint density at radius 2 is 1.47 bits per heavy atom. The molecular weight excluding hydrogens is 517 g/mol. The summed E-state index contributed by atoms with van der Waals surface area (Å²) in [6.45, 7) is 3.28. The predicted molar refractivity (Wildman–Crippen MR) is 119 cm³/mol. The van der Waals surface area contributed by atoms with Crippen LogP contribution in [0.5, 0.6) is 0 Å². The Morgan fingerprint density at radius 3 is 1.97 bits per heavy atom. The van der Waals surface area contributed by atoms with E-state index in [0.29, 0.717) is 22.5 Å². The Morgan fingerprint density at radius 1 is 0.944 bits per heavy atom. The number of hydrogen-bond acceptors (Lipinski definition) is 5. The first-order chi connectivity index (χ1) is 16.6. The van der Waals surface area contributed by atoms with Crippen LogP contribution in [0.4, 0.5) is 36.4 Å². The van der Waals surface area contributed by atoms with E-state index in [4.69, 9.17) is 0 Å². The van der Waals surface area contributed by atoms with E-state index in [1.807, 2.05) is 0 Å². The SMILES string of the molecule is Cc1cc(/C=N/NC(F)(F)C(F)(F)C(F)(F)F)c(C)n1-c1ccc(Sc2ccc([N+](=O)[O-])cc2)cc1. The molecule has 0 unspecified atom stereocenters. The number of nitro groups is 1. The quantitative estimate of drug-likeness (QED) is 0.113. The fourth-order valence-electron chi connectivity index (χ4n) is 3.18. The summed E-state index contributed by atoms with van der Waals surface area (Å²) in [6.07, 6.45) is -5.73. The molecule has 3 aromatic rings. The zero-order valence-corrected chi connectivity index (χ0v) is 19.3. The van der Waals surface area contributed by atoms with Crippen molar-refractivity contribution in [3.05, 3.63) is 81.7 Å². The molecular formula is C22H17F7N4O2S. The minimum atomic E-state index is -6.46. The molecule has 0 fully saturated rings. The van der Waals surface area contributed by atoms with Gasteiger partial charge < -0.3 is 4.57 Å². The molecule has 6 nitrogen and oxygen atoms in total. The zero-order valence-electron chi connectivity index (χ0n) is 18.5. The van der Waals surface area contributed by atoms with Gasteiger partial charge in [-0.3, -0.25) is 10.1 Å². The molecule has 0 radical (unpaired) electrons. The highest BCUT2D eigenvalue weighted by Gasteiger charge is 2.73. The van der Waals surface area contributed by atoms with Crippen molar-refractivity contribution < 1.29 is 35.7 Å². The minimum absolute atomic E-state index is 0.0272. The maximum absolute atomic E-state index is 13.4. The highest BCUT2D eigenvalue weighted by molar-refractivity contribution is 7.99. The van der Waals surface area contributed by atoms with E-state index in [2.05, 4.69) is 5.10 Å². The standard InChI is InChI=1S/C22H17F7N4O2S/c1-13-11-15(12-30-31-22(28,29)20(23,24)21(25,26)27)14(2)32(13)16-3-7-18(8-4-16)36-19-9-5-17(6-10-19)33(34)35/h3-12,31H,1-2H3/b30-12+. The summed E-state index contributed by atoms with van der Waals surface area (Å²) in [6, 6.07) is 8.95.